The first-order chi connectivity index (χ1) is 6.92. The number of rotatable bonds is 3. The highest BCUT2D eigenvalue weighted by atomic mass is 16.5. The van der Waals surface area contributed by atoms with Gasteiger partial charge >= 0.3 is 0 Å². The second-order valence-corrected chi connectivity index (χ2v) is 3.66. The Bertz CT molecular complexity index is 298. The molecular weight excluding hydrogens is 174 g/mol. The molecule has 1 aromatic rings. The Hall–Kier alpha value is -1.02. The van der Waals surface area contributed by atoms with Gasteiger partial charge in [0.2, 0.25) is 0 Å². The van der Waals surface area contributed by atoms with Crippen molar-refractivity contribution in [2.24, 2.45) is 0 Å². The van der Waals surface area contributed by atoms with Gasteiger partial charge in [0.15, 0.2) is 0 Å². The Labute approximate surface area is 85.3 Å². The van der Waals surface area contributed by atoms with Gasteiger partial charge in [0, 0.05) is 24.4 Å². The van der Waals surface area contributed by atoms with Crippen LogP contribution >= 0.6 is 0 Å². The Kier molecular flexibility index (Phi) is 3.04. The van der Waals surface area contributed by atoms with Crippen LogP contribution in [-0.4, -0.2) is 13.2 Å². The number of anilines is 1. The number of hydrogen-bond acceptors (Lipinski definition) is 2. The third-order valence-corrected chi connectivity index (χ3v) is 2.55. The highest BCUT2D eigenvalue weighted by molar-refractivity contribution is 5.53. The largest absolute Gasteiger partial charge is 0.385 e. The van der Waals surface area contributed by atoms with E-state index >= 15 is 0 Å². The van der Waals surface area contributed by atoms with Crippen molar-refractivity contribution in [3.8, 4) is 0 Å². The van der Waals surface area contributed by atoms with E-state index in [0.29, 0.717) is 6.10 Å². The van der Waals surface area contributed by atoms with Gasteiger partial charge in [-0.2, -0.15) is 0 Å². The molecule has 0 radical (unpaired) electrons. The van der Waals surface area contributed by atoms with Gasteiger partial charge in [0.1, 0.15) is 0 Å². The molecule has 1 aromatic carbocycles. The Balaban J connectivity index is 2.14. The predicted octanol–water partition coefficient (Wildman–Crippen LogP) is 2.97. The molecule has 0 fully saturated rings. The van der Waals surface area contributed by atoms with E-state index in [1.807, 2.05) is 0 Å². The summed E-state index contributed by atoms with van der Waals surface area (Å²) < 4.78 is 5.82. The van der Waals surface area contributed by atoms with Gasteiger partial charge < -0.3 is 10.1 Å². The maximum atomic E-state index is 5.82. The van der Waals surface area contributed by atoms with E-state index in [9.17, 15) is 0 Å². The fraction of sp³-hybridized carbons (Fsp3) is 0.500. The molecule has 0 spiro atoms. The van der Waals surface area contributed by atoms with Gasteiger partial charge in [-0.1, -0.05) is 25.1 Å². The Morgan fingerprint density at radius 3 is 3.14 bits per heavy atom. The van der Waals surface area contributed by atoms with Crippen molar-refractivity contribution >= 4 is 5.69 Å². The van der Waals surface area contributed by atoms with Crippen molar-refractivity contribution in [1.29, 1.82) is 0 Å². The fourth-order valence-electron chi connectivity index (χ4n) is 1.87. The van der Waals surface area contributed by atoms with Gasteiger partial charge in [-0.25, -0.2) is 0 Å². The number of para-hydroxylation sites is 1. The van der Waals surface area contributed by atoms with Crippen LogP contribution in [0.15, 0.2) is 24.3 Å². The molecule has 0 bridgehead atoms. The van der Waals surface area contributed by atoms with Crippen molar-refractivity contribution in [3.05, 3.63) is 29.8 Å². The molecule has 1 atom stereocenters. The summed E-state index contributed by atoms with van der Waals surface area (Å²) in [5.74, 6) is 0. The molecule has 76 valence electrons. The minimum Gasteiger partial charge on any atom is -0.385 e. The van der Waals surface area contributed by atoms with Crippen LogP contribution in [0.25, 0.3) is 0 Å². The van der Waals surface area contributed by atoms with E-state index in [0.717, 1.165) is 26.0 Å². The first-order valence-electron chi connectivity index (χ1n) is 5.36. The van der Waals surface area contributed by atoms with Crippen molar-refractivity contribution in [2.45, 2.75) is 25.9 Å². The highest BCUT2D eigenvalue weighted by Gasteiger charge is 2.19. The molecule has 1 N–H and O–H groups in total. The van der Waals surface area contributed by atoms with Crippen LogP contribution in [0.4, 0.5) is 5.69 Å². The molecule has 2 rings (SSSR count). The number of ether oxygens (including phenoxy) is 1. The van der Waals surface area contributed by atoms with Crippen molar-refractivity contribution in [3.63, 3.8) is 0 Å². The van der Waals surface area contributed by atoms with Crippen LogP contribution in [0.3, 0.4) is 0 Å². The quantitative estimate of drug-likeness (QED) is 0.793. The third-order valence-electron chi connectivity index (χ3n) is 2.55. The lowest BCUT2D eigenvalue weighted by Gasteiger charge is -2.26. The lowest BCUT2D eigenvalue weighted by atomic mass is 10.0. The second-order valence-electron chi connectivity index (χ2n) is 3.66. The second kappa shape index (κ2) is 4.47. The van der Waals surface area contributed by atoms with Crippen LogP contribution in [0, 0.1) is 0 Å². The molecule has 1 heterocycles. The maximum absolute atomic E-state index is 5.82. The molecule has 14 heavy (non-hydrogen) atoms. The summed E-state index contributed by atoms with van der Waals surface area (Å²) in [6, 6.07) is 8.42. The summed E-state index contributed by atoms with van der Waals surface area (Å²) in [5.41, 5.74) is 2.55. The smallest absolute Gasteiger partial charge is 0.0861 e. The molecule has 0 saturated carbocycles. The zero-order valence-corrected chi connectivity index (χ0v) is 8.62. The van der Waals surface area contributed by atoms with Crippen LogP contribution < -0.4 is 5.32 Å². The number of fused-ring (bicyclic) bond motifs is 1. The zero-order chi connectivity index (χ0) is 9.80. The maximum Gasteiger partial charge on any atom is 0.0861 e. The van der Waals surface area contributed by atoms with E-state index in [1.165, 1.54) is 11.3 Å². The lowest BCUT2D eigenvalue weighted by molar-refractivity contribution is 0.0477. The molecule has 0 saturated heterocycles. The van der Waals surface area contributed by atoms with Crippen LogP contribution in [0.5, 0.6) is 0 Å². The summed E-state index contributed by atoms with van der Waals surface area (Å²) >= 11 is 0. The molecule has 1 unspecified atom stereocenters. The Morgan fingerprint density at radius 1 is 1.43 bits per heavy atom. The summed E-state index contributed by atoms with van der Waals surface area (Å²) in [5, 5.41) is 3.39. The third kappa shape index (κ3) is 1.90. The molecule has 0 aromatic heterocycles. The summed E-state index contributed by atoms with van der Waals surface area (Å²) in [6.07, 6.45) is 2.47. The topological polar surface area (TPSA) is 21.3 Å². The lowest BCUT2D eigenvalue weighted by Crippen LogP contribution is -2.18. The number of nitrogens with one attached hydrogen (secondary N) is 1. The van der Waals surface area contributed by atoms with E-state index in [-0.39, 0.29) is 0 Å². The molecule has 1 aliphatic heterocycles. The number of hydrogen-bond donors (Lipinski definition) is 1. The minimum absolute atomic E-state index is 0.299. The van der Waals surface area contributed by atoms with E-state index in [2.05, 4.69) is 36.5 Å². The van der Waals surface area contributed by atoms with Crippen LogP contribution in [-0.2, 0) is 4.74 Å². The number of benzene rings is 1. The van der Waals surface area contributed by atoms with E-state index < -0.39 is 0 Å². The van der Waals surface area contributed by atoms with E-state index in [4.69, 9.17) is 4.74 Å². The first-order valence-corrected chi connectivity index (χ1v) is 5.36. The fourth-order valence-corrected chi connectivity index (χ4v) is 1.87. The molecule has 0 aliphatic carbocycles. The molecule has 2 heteroatoms. The summed E-state index contributed by atoms with van der Waals surface area (Å²) in [6.45, 7) is 4.03. The normalized spacial score (nSPS) is 19.9. The first kappa shape index (κ1) is 9.53. The van der Waals surface area contributed by atoms with Crippen molar-refractivity contribution in [1.82, 2.24) is 0 Å². The average Bonchev–Trinajstić information content (AvgIpc) is 2.26. The molecular formula is C12H17NO. The van der Waals surface area contributed by atoms with Crippen LogP contribution in [0.1, 0.15) is 31.4 Å². The molecule has 0 amide bonds. The van der Waals surface area contributed by atoms with Gasteiger partial charge in [-0.15, -0.1) is 0 Å². The SMILES string of the molecule is CCCOC1CCNc2ccccc21. The minimum atomic E-state index is 0.299. The average molecular weight is 191 g/mol. The van der Waals surface area contributed by atoms with E-state index in [1.54, 1.807) is 0 Å². The monoisotopic (exact) mass is 191 g/mol. The molecule has 1 aliphatic rings. The standard InChI is InChI=1S/C12H17NO/c1-2-9-14-12-7-8-13-11-6-4-3-5-10(11)12/h3-6,12-13H,2,7-9H2,1H3. The van der Waals surface area contributed by atoms with Crippen molar-refractivity contribution in [2.75, 3.05) is 18.5 Å². The van der Waals surface area contributed by atoms with Crippen molar-refractivity contribution < 1.29 is 4.74 Å². The Morgan fingerprint density at radius 2 is 2.29 bits per heavy atom. The van der Waals surface area contributed by atoms with Gasteiger partial charge in [0.05, 0.1) is 6.10 Å². The summed E-state index contributed by atoms with van der Waals surface area (Å²) in [7, 11) is 0. The van der Waals surface area contributed by atoms with Crippen LogP contribution in [0.2, 0.25) is 0 Å². The predicted molar refractivity (Wildman–Crippen MR) is 58.5 cm³/mol. The van der Waals surface area contributed by atoms with Gasteiger partial charge in [-0.05, 0) is 18.9 Å². The van der Waals surface area contributed by atoms with Gasteiger partial charge in [0.25, 0.3) is 0 Å². The molecule has 2 nitrogen and oxygen atoms in total. The zero-order valence-electron chi connectivity index (χ0n) is 8.62. The highest BCUT2D eigenvalue weighted by Crippen LogP contribution is 2.31. The summed E-state index contributed by atoms with van der Waals surface area (Å²) in [4.78, 5) is 0. The van der Waals surface area contributed by atoms with Gasteiger partial charge in [-0.3, -0.25) is 0 Å².